The number of hydrogen-bond donors (Lipinski definition) is 2. The highest BCUT2D eigenvalue weighted by Crippen LogP contribution is 2.42. The van der Waals surface area contributed by atoms with Gasteiger partial charge in [0.1, 0.15) is 34.9 Å². The zero-order valence-electron chi connectivity index (χ0n) is 22.0. The molecule has 5 aromatic rings. The van der Waals surface area contributed by atoms with Crippen molar-refractivity contribution in [3.63, 3.8) is 0 Å². The number of fused-ring (bicyclic) bond motifs is 1. The van der Waals surface area contributed by atoms with Gasteiger partial charge in [-0.15, -0.1) is 0 Å². The Kier molecular flexibility index (Phi) is 6.58. The third-order valence-electron chi connectivity index (χ3n) is 7.02. The lowest BCUT2D eigenvalue weighted by molar-refractivity contribution is 0.171. The quantitative estimate of drug-likeness (QED) is 0.281. The van der Waals surface area contributed by atoms with E-state index in [-0.39, 0.29) is 17.4 Å². The molecule has 4 aromatic heterocycles. The molecule has 1 aliphatic rings. The van der Waals surface area contributed by atoms with Crippen molar-refractivity contribution in [3.8, 4) is 28.2 Å². The summed E-state index contributed by atoms with van der Waals surface area (Å²) in [6, 6.07) is 10.5. The molecule has 6 rings (SSSR count). The maximum absolute atomic E-state index is 14.4. The molecule has 1 fully saturated rings. The van der Waals surface area contributed by atoms with Crippen LogP contribution in [0.25, 0.3) is 39.2 Å². The van der Waals surface area contributed by atoms with Crippen LogP contribution in [0.3, 0.4) is 0 Å². The minimum absolute atomic E-state index is 0.163. The highest BCUT2D eigenvalue weighted by Gasteiger charge is 2.27. The minimum Gasteiger partial charge on any atom is -0.448 e. The first-order valence-corrected chi connectivity index (χ1v) is 13.0. The summed E-state index contributed by atoms with van der Waals surface area (Å²) in [6.45, 7) is 4.96. The summed E-state index contributed by atoms with van der Waals surface area (Å²) >= 11 is 0. The monoisotopic (exact) mass is 528 g/mol. The van der Waals surface area contributed by atoms with Crippen LogP contribution in [0.5, 0.6) is 0 Å². The molecule has 1 atom stereocenters. The molecule has 39 heavy (non-hydrogen) atoms. The molecule has 0 unspecified atom stereocenters. The summed E-state index contributed by atoms with van der Waals surface area (Å²) in [5.74, 6) is 1.01. The van der Waals surface area contributed by atoms with Crippen molar-refractivity contribution in [1.29, 1.82) is 0 Å². The Morgan fingerprint density at radius 1 is 1.21 bits per heavy atom. The topological polar surface area (TPSA) is 111 Å². The smallest absolute Gasteiger partial charge is 0.283 e. The van der Waals surface area contributed by atoms with Crippen molar-refractivity contribution in [3.05, 3.63) is 82.4 Å². The van der Waals surface area contributed by atoms with Crippen LogP contribution in [-0.2, 0) is 11.3 Å². The van der Waals surface area contributed by atoms with Gasteiger partial charge >= 0.3 is 0 Å². The first-order chi connectivity index (χ1) is 18.9. The molecular formula is C29H29FN6O3. The summed E-state index contributed by atoms with van der Waals surface area (Å²) in [6.07, 6.45) is 4.94. The fraction of sp³-hybridized carbons (Fsp3) is 0.310. The molecule has 2 N–H and O–H groups in total. The average Bonchev–Trinajstić information content (AvgIpc) is 3.55. The van der Waals surface area contributed by atoms with Gasteiger partial charge in [-0.25, -0.2) is 23.9 Å². The van der Waals surface area contributed by atoms with E-state index in [0.717, 1.165) is 35.4 Å². The molecule has 0 spiro atoms. The number of oxazole rings is 1. The molecule has 4 heterocycles. The Bertz CT molecular complexity index is 1720. The number of hydrogen-bond acceptors (Lipinski definition) is 7. The number of H-pyrrole nitrogens is 1. The lowest BCUT2D eigenvalue weighted by Crippen LogP contribution is -2.29. The lowest BCUT2D eigenvalue weighted by Gasteiger charge is -2.13. The second-order valence-electron chi connectivity index (χ2n) is 10.1. The molecule has 1 aromatic carbocycles. The van der Waals surface area contributed by atoms with Crippen molar-refractivity contribution in [2.24, 2.45) is 0 Å². The summed E-state index contributed by atoms with van der Waals surface area (Å²) in [5.41, 5.74) is 5.29. The first-order valence-electron chi connectivity index (χ1n) is 13.0. The predicted octanol–water partition coefficient (Wildman–Crippen LogP) is 4.88. The molecule has 0 amide bonds. The van der Waals surface area contributed by atoms with Crippen LogP contribution in [0.4, 0.5) is 4.39 Å². The van der Waals surface area contributed by atoms with Crippen LogP contribution in [0.15, 0.2) is 58.3 Å². The molecule has 1 saturated carbocycles. The maximum Gasteiger partial charge on any atom is 0.283 e. The van der Waals surface area contributed by atoms with E-state index in [1.165, 1.54) is 29.4 Å². The average molecular weight is 529 g/mol. The van der Waals surface area contributed by atoms with Gasteiger partial charge < -0.3 is 19.5 Å². The van der Waals surface area contributed by atoms with E-state index in [1.54, 1.807) is 20.1 Å². The Hall–Kier alpha value is -4.15. The van der Waals surface area contributed by atoms with Gasteiger partial charge in [-0.2, -0.15) is 0 Å². The van der Waals surface area contributed by atoms with Crippen LogP contribution in [-0.4, -0.2) is 44.3 Å². The van der Waals surface area contributed by atoms with E-state index in [0.29, 0.717) is 52.9 Å². The molecular weight excluding hydrogens is 499 g/mol. The van der Waals surface area contributed by atoms with Gasteiger partial charge in [-0.05, 0) is 68.1 Å². The molecule has 10 heteroatoms. The van der Waals surface area contributed by atoms with E-state index in [1.807, 2.05) is 25.1 Å². The van der Waals surface area contributed by atoms with Gasteiger partial charge in [-0.1, -0.05) is 6.07 Å². The van der Waals surface area contributed by atoms with Crippen LogP contribution >= 0.6 is 0 Å². The number of nitrogens with one attached hydrogen (secondary N) is 2. The number of aryl methyl sites for hydroxylation is 1. The van der Waals surface area contributed by atoms with Crippen LogP contribution in [0.1, 0.15) is 42.8 Å². The summed E-state index contributed by atoms with van der Waals surface area (Å²) in [4.78, 5) is 30.5. The lowest BCUT2D eigenvalue weighted by atomic mass is 9.96. The minimum atomic E-state index is -0.368. The van der Waals surface area contributed by atoms with Gasteiger partial charge in [0.25, 0.3) is 5.56 Å². The van der Waals surface area contributed by atoms with Crippen LogP contribution in [0, 0.1) is 12.7 Å². The van der Waals surface area contributed by atoms with Crippen LogP contribution < -0.4 is 10.9 Å². The van der Waals surface area contributed by atoms with Gasteiger partial charge in [0.15, 0.2) is 6.39 Å². The Morgan fingerprint density at radius 2 is 2.05 bits per heavy atom. The number of halogens is 1. The highest BCUT2D eigenvalue weighted by molar-refractivity contribution is 5.83. The maximum atomic E-state index is 14.4. The van der Waals surface area contributed by atoms with Crippen LogP contribution in [0.2, 0.25) is 0 Å². The number of methoxy groups -OCH3 is 1. The SMILES string of the molecule is COC[C@H](C)NCc1cc2ncn(-c3cc(-c4ccc(F)cc4-c4ncoc4C)cc(C4CC4)n3)c(=O)c2[nH]1. The van der Waals surface area contributed by atoms with Crippen molar-refractivity contribution in [2.75, 3.05) is 13.7 Å². The van der Waals surface area contributed by atoms with Gasteiger partial charge in [0.05, 0.1) is 12.1 Å². The fourth-order valence-electron chi connectivity index (χ4n) is 4.84. The largest absolute Gasteiger partial charge is 0.448 e. The molecule has 9 nitrogen and oxygen atoms in total. The number of ether oxygens (including phenoxy) is 1. The van der Waals surface area contributed by atoms with E-state index < -0.39 is 0 Å². The number of rotatable bonds is 9. The molecule has 1 aliphatic carbocycles. The summed E-state index contributed by atoms with van der Waals surface area (Å²) < 4.78 is 26.4. The zero-order chi connectivity index (χ0) is 27.1. The number of nitrogens with zero attached hydrogens (tertiary/aromatic N) is 4. The molecule has 0 bridgehead atoms. The van der Waals surface area contributed by atoms with Crippen molar-refractivity contribution < 1.29 is 13.5 Å². The van der Waals surface area contributed by atoms with E-state index in [4.69, 9.17) is 14.1 Å². The van der Waals surface area contributed by atoms with Crippen molar-refractivity contribution in [1.82, 2.24) is 29.8 Å². The molecule has 0 saturated heterocycles. The van der Waals surface area contributed by atoms with Gasteiger partial charge in [0.2, 0.25) is 0 Å². The van der Waals surface area contributed by atoms with E-state index in [9.17, 15) is 9.18 Å². The predicted molar refractivity (Wildman–Crippen MR) is 145 cm³/mol. The van der Waals surface area contributed by atoms with E-state index >= 15 is 0 Å². The Morgan fingerprint density at radius 3 is 2.79 bits per heavy atom. The third kappa shape index (κ3) is 5.00. The molecule has 0 radical (unpaired) electrons. The number of benzene rings is 1. The van der Waals surface area contributed by atoms with E-state index in [2.05, 4.69) is 20.3 Å². The first kappa shape index (κ1) is 25.1. The molecule has 200 valence electrons. The standard InChI is InChI=1S/C29H29FN6O3/c1-16(13-38-3)31-12-21-11-25-28(34-21)29(37)36(14-32-25)26-9-19(8-24(35-26)18-4-5-18)22-7-6-20(30)10-23(22)27-17(2)39-15-33-27/h6-11,14-16,18,31,34H,4-5,12-13H2,1-3H3/t16-/m0/s1. The highest BCUT2D eigenvalue weighted by atomic mass is 19.1. The van der Waals surface area contributed by atoms with Gasteiger partial charge in [-0.3, -0.25) is 4.79 Å². The number of aromatic nitrogens is 5. The fourth-order valence-corrected chi connectivity index (χ4v) is 4.84. The Labute approximate surface area is 224 Å². The normalized spacial score (nSPS) is 14.3. The van der Waals surface area contributed by atoms with Crippen molar-refractivity contribution >= 4 is 11.0 Å². The second kappa shape index (κ2) is 10.2. The third-order valence-corrected chi connectivity index (χ3v) is 7.02. The zero-order valence-corrected chi connectivity index (χ0v) is 22.0. The second-order valence-corrected chi connectivity index (χ2v) is 10.1. The Balaban J connectivity index is 1.43. The summed E-state index contributed by atoms with van der Waals surface area (Å²) in [5, 5.41) is 3.36. The van der Waals surface area contributed by atoms with Gasteiger partial charge in [0, 0.05) is 42.6 Å². The summed E-state index contributed by atoms with van der Waals surface area (Å²) in [7, 11) is 1.66. The molecule has 0 aliphatic heterocycles. The number of aromatic amines is 1. The number of pyridine rings is 1. The van der Waals surface area contributed by atoms with Crippen molar-refractivity contribution in [2.45, 2.75) is 45.2 Å².